The van der Waals surface area contributed by atoms with E-state index in [-0.39, 0.29) is 16.7 Å². The standard InChI is InChI=1S/C16H24N2O2/c1-11(12-8-6-7-9-13(12)18(19)20)17-10-14-15(2,3)16(14,4)5/h6-9,11,14,17H,10H2,1-5H3. The normalized spacial score (nSPS) is 21.4. The van der Waals surface area contributed by atoms with Crippen molar-refractivity contribution >= 4 is 5.69 Å². The van der Waals surface area contributed by atoms with Gasteiger partial charge in [0.2, 0.25) is 0 Å². The summed E-state index contributed by atoms with van der Waals surface area (Å²) in [5.74, 6) is 0.611. The summed E-state index contributed by atoms with van der Waals surface area (Å²) in [5.41, 5.74) is 1.63. The molecule has 0 saturated heterocycles. The lowest BCUT2D eigenvalue weighted by Gasteiger charge is -2.15. The number of rotatable bonds is 5. The van der Waals surface area contributed by atoms with Gasteiger partial charge >= 0.3 is 0 Å². The second-order valence-corrected chi connectivity index (χ2v) is 6.94. The summed E-state index contributed by atoms with van der Waals surface area (Å²) in [4.78, 5) is 10.8. The Balaban J connectivity index is 2.04. The van der Waals surface area contributed by atoms with E-state index in [1.54, 1.807) is 12.1 Å². The van der Waals surface area contributed by atoms with Gasteiger partial charge in [0.1, 0.15) is 0 Å². The summed E-state index contributed by atoms with van der Waals surface area (Å²) in [5, 5.41) is 14.5. The Morgan fingerprint density at radius 1 is 1.25 bits per heavy atom. The molecule has 1 aliphatic carbocycles. The maximum atomic E-state index is 11.1. The molecule has 20 heavy (non-hydrogen) atoms. The number of hydrogen-bond donors (Lipinski definition) is 1. The molecule has 1 N–H and O–H groups in total. The van der Waals surface area contributed by atoms with Crippen LogP contribution in [0.3, 0.4) is 0 Å². The first kappa shape index (κ1) is 15.0. The van der Waals surface area contributed by atoms with Crippen LogP contribution in [0.25, 0.3) is 0 Å². The van der Waals surface area contributed by atoms with Crippen LogP contribution >= 0.6 is 0 Å². The summed E-state index contributed by atoms with van der Waals surface area (Å²) in [7, 11) is 0. The van der Waals surface area contributed by atoms with Gasteiger partial charge in [-0.1, -0.05) is 45.9 Å². The Hall–Kier alpha value is -1.42. The molecule has 0 heterocycles. The third-order valence-electron chi connectivity index (χ3n) is 5.55. The van der Waals surface area contributed by atoms with Crippen LogP contribution in [-0.2, 0) is 0 Å². The van der Waals surface area contributed by atoms with Gasteiger partial charge in [0.05, 0.1) is 4.92 Å². The van der Waals surface area contributed by atoms with Crippen LogP contribution in [-0.4, -0.2) is 11.5 Å². The zero-order valence-electron chi connectivity index (χ0n) is 12.9. The van der Waals surface area contributed by atoms with Crippen LogP contribution in [0.2, 0.25) is 0 Å². The second kappa shape index (κ2) is 4.85. The van der Waals surface area contributed by atoms with E-state index in [1.807, 2.05) is 19.1 Å². The molecular formula is C16H24N2O2. The van der Waals surface area contributed by atoms with Crippen molar-refractivity contribution in [2.75, 3.05) is 6.54 Å². The summed E-state index contributed by atoms with van der Waals surface area (Å²) in [6.07, 6.45) is 0. The Kier molecular flexibility index (Phi) is 3.63. The highest BCUT2D eigenvalue weighted by Crippen LogP contribution is 2.68. The molecule has 0 radical (unpaired) electrons. The zero-order valence-corrected chi connectivity index (χ0v) is 12.9. The van der Waals surface area contributed by atoms with Gasteiger partial charge in [0.15, 0.2) is 0 Å². The highest BCUT2D eigenvalue weighted by atomic mass is 16.6. The summed E-state index contributed by atoms with van der Waals surface area (Å²) >= 11 is 0. The fourth-order valence-electron chi connectivity index (χ4n) is 3.27. The van der Waals surface area contributed by atoms with Crippen LogP contribution in [0, 0.1) is 26.9 Å². The van der Waals surface area contributed by atoms with E-state index in [0.29, 0.717) is 16.7 Å². The Morgan fingerprint density at radius 3 is 2.30 bits per heavy atom. The third-order valence-corrected chi connectivity index (χ3v) is 5.55. The van der Waals surface area contributed by atoms with E-state index in [4.69, 9.17) is 0 Å². The van der Waals surface area contributed by atoms with Crippen molar-refractivity contribution in [1.29, 1.82) is 0 Å². The molecule has 0 amide bonds. The molecule has 110 valence electrons. The predicted octanol–water partition coefficient (Wildman–Crippen LogP) is 3.93. The lowest BCUT2D eigenvalue weighted by atomic mass is 10.0. The summed E-state index contributed by atoms with van der Waals surface area (Å²) in [6.45, 7) is 12.0. The van der Waals surface area contributed by atoms with E-state index in [2.05, 4.69) is 33.0 Å². The number of nitrogens with zero attached hydrogens (tertiary/aromatic N) is 1. The van der Waals surface area contributed by atoms with Crippen molar-refractivity contribution in [1.82, 2.24) is 5.32 Å². The number of nitro groups is 1. The number of benzene rings is 1. The van der Waals surface area contributed by atoms with Gasteiger partial charge in [-0.2, -0.15) is 0 Å². The molecule has 1 saturated carbocycles. The fraction of sp³-hybridized carbons (Fsp3) is 0.625. The second-order valence-electron chi connectivity index (χ2n) is 6.94. The molecule has 4 heteroatoms. The molecule has 1 unspecified atom stereocenters. The lowest BCUT2D eigenvalue weighted by molar-refractivity contribution is -0.385. The molecular weight excluding hydrogens is 252 g/mol. The van der Waals surface area contributed by atoms with Crippen molar-refractivity contribution in [2.24, 2.45) is 16.7 Å². The first-order chi connectivity index (χ1) is 9.19. The van der Waals surface area contributed by atoms with Crippen molar-refractivity contribution in [3.8, 4) is 0 Å². The van der Waals surface area contributed by atoms with E-state index in [0.717, 1.165) is 12.1 Å². The Labute approximate surface area is 120 Å². The molecule has 2 rings (SSSR count). The van der Waals surface area contributed by atoms with Gasteiger partial charge in [-0.3, -0.25) is 10.1 Å². The van der Waals surface area contributed by atoms with Crippen LogP contribution < -0.4 is 5.32 Å². The molecule has 4 nitrogen and oxygen atoms in total. The van der Waals surface area contributed by atoms with E-state index in [1.165, 1.54) is 0 Å². The fourth-order valence-corrected chi connectivity index (χ4v) is 3.27. The smallest absolute Gasteiger partial charge is 0.274 e. The van der Waals surface area contributed by atoms with E-state index < -0.39 is 0 Å². The lowest BCUT2D eigenvalue weighted by Crippen LogP contribution is -2.23. The van der Waals surface area contributed by atoms with Gasteiger partial charge in [0.25, 0.3) is 5.69 Å². The van der Waals surface area contributed by atoms with Crippen LogP contribution in [0.15, 0.2) is 24.3 Å². The average Bonchev–Trinajstić information content (AvgIpc) is 2.76. The Bertz CT molecular complexity index is 509. The van der Waals surface area contributed by atoms with Gasteiger partial charge in [-0.25, -0.2) is 0 Å². The molecule has 1 atom stereocenters. The van der Waals surface area contributed by atoms with Gasteiger partial charge in [-0.05, 0) is 30.2 Å². The first-order valence-electron chi connectivity index (χ1n) is 7.16. The quantitative estimate of drug-likeness (QED) is 0.655. The van der Waals surface area contributed by atoms with Crippen LogP contribution in [0.5, 0.6) is 0 Å². The summed E-state index contributed by atoms with van der Waals surface area (Å²) in [6, 6.07) is 6.95. The van der Waals surface area contributed by atoms with Crippen molar-refractivity contribution in [2.45, 2.75) is 40.7 Å². The highest BCUT2D eigenvalue weighted by Gasteiger charge is 2.63. The molecule has 0 bridgehead atoms. The molecule has 1 aromatic rings. The van der Waals surface area contributed by atoms with Gasteiger partial charge < -0.3 is 5.32 Å². The molecule has 0 spiro atoms. The number of nitro benzene ring substituents is 1. The molecule has 1 fully saturated rings. The third kappa shape index (κ3) is 2.33. The number of para-hydroxylation sites is 1. The van der Waals surface area contributed by atoms with E-state index in [9.17, 15) is 10.1 Å². The molecule has 0 aromatic heterocycles. The maximum Gasteiger partial charge on any atom is 0.274 e. The van der Waals surface area contributed by atoms with Crippen molar-refractivity contribution in [3.05, 3.63) is 39.9 Å². The summed E-state index contributed by atoms with van der Waals surface area (Å²) < 4.78 is 0. The predicted molar refractivity (Wildman–Crippen MR) is 80.6 cm³/mol. The SMILES string of the molecule is CC(NCC1C(C)(C)C1(C)C)c1ccccc1[N+](=O)[O-]. The van der Waals surface area contributed by atoms with Crippen molar-refractivity contribution in [3.63, 3.8) is 0 Å². The monoisotopic (exact) mass is 276 g/mol. The largest absolute Gasteiger partial charge is 0.310 e. The molecule has 1 aromatic carbocycles. The first-order valence-corrected chi connectivity index (χ1v) is 7.16. The van der Waals surface area contributed by atoms with Gasteiger partial charge in [-0.15, -0.1) is 0 Å². The zero-order chi connectivity index (χ0) is 15.1. The molecule has 0 aliphatic heterocycles. The van der Waals surface area contributed by atoms with E-state index >= 15 is 0 Å². The van der Waals surface area contributed by atoms with Crippen LogP contribution in [0.1, 0.15) is 46.2 Å². The van der Waals surface area contributed by atoms with Gasteiger partial charge in [0, 0.05) is 17.7 Å². The maximum absolute atomic E-state index is 11.1. The number of hydrogen-bond acceptors (Lipinski definition) is 3. The van der Waals surface area contributed by atoms with Crippen LogP contribution in [0.4, 0.5) is 5.69 Å². The minimum absolute atomic E-state index is 0.0104. The van der Waals surface area contributed by atoms with Crippen molar-refractivity contribution < 1.29 is 4.92 Å². The topological polar surface area (TPSA) is 55.2 Å². The average molecular weight is 276 g/mol. The minimum atomic E-state index is -0.307. The number of nitrogens with one attached hydrogen (secondary N) is 1. The Morgan fingerprint density at radius 2 is 1.80 bits per heavy atom. The minimum Gasteiger partial charge on any atom is -0.310 e. The highest BCUT2D eigenvalue weighted by molar-refractivity contribution is 5.41. The molecule has 1 aliphatic rings.